The number of hydrogen-bond donors (Lipinski definition) is 3. The maximum Gasteiger partial charge on any atom is 0.414 e. The molecule has 3 aromatic rings. The van der Waals surface area contributed by atoms with Crippen molar-refractivity contribution in [1.29, 1.82) is 0 Å². The van der Waals surface area contributed by atoms with Gasteiger partial charge in [0.2, 0.25) is 18.1 Å². The average molecular weight is 647 g/mol. The van der Waals surface area contributed by atoms with Crippen molar-refractivity contribution in [3.8, 4) is 0 Å². The molecule has 0 aliphatic heterocycles. The fourth-order valence-corrected chi connectivity index (χ4v) is 4.24. The standard InChI is InChI=1S/C35H42N4O8/c1-26(29-20-12-7-13-21-29)47-31(32(41)44-2)37-30(40)22-14-3-4-15-23-36-33(38-34(42)45-24-27-16-8-5-9-17-27)39-35(43)46-25-28-18-10-6-11-19-28/h5-13,16-21,26,31H,3-4,14-15,22-25H2,1-2H3,(H,37,40)(H2,36,38,39,42,43)/t26-,31-/m0/s1. The van der Waals surface area contributed by atoms with Crippen LogP contribution in [0.15, 0.2) is 96.0 Å². The quantitative estimate of drug-likeness (QED) is 0.0458. The Bertz CT molecular complexity index is 1360. The summed E-state index contributed by atoms with van der Waals surface area (Å²) in [5.41, 5.74) is 2.47. The predicted molar refractivity (Wildman–Crippen MR) is 175 cm³/mol. The molecule has 0 aromatic heterocycles. The van der Waals surface area contributed by atoms with E-state index in [-0.39, 0.29) is 38.0 Å². The van der Waals surface area contributed by atoms with Crippen LogP contribution in [0.5, 0.6) is 0 Å². The molecule has 12 heteroatoms. The molecule has 0 spiro atoms. The molecule has 250 valence electrons. The van der Waals surface area contributed by atoms with Crippen molar-refractivity contribution in [2.24, 2.45) is 4.99 Å². The summed E-state index contributed by atoms with van der Waals surface area (Å²) in [4.78, 5) is 53.9. The summed E-state index contributed by atoms with van der Waals surface area (Å²) in [7, 11) is 1.23. The van der Waals surface area contributed by atoms with Crippen LogP contribution >= 0.6 is 0 Å². The fraction of sp³-hybridized carbons (Fsp3) is 0.343. The smallest absolute Gasteiger partial charge is 0.414 e. The second-order valence-electron chi connectivity index (χ2n) is 10.4. The molecule has 0 saturated carbocycles. The lowest BCUT2D eigenvalue weighted by Crippen LogP contribution is -2.44. The van der Waals surface area contributed by atoms with Crippen LogP contribution in [-0.2, 0) is 41.8 Å². The van der Waals surface area contributed by atoms with E-state index >= 15 is 0 Å². The van der Waals surface area contributed by atoms with Crippen LogP contribution in [0.4, 0.5) is 9.59 Å². The van der Waals surface area contributed by atoms with Crippen molar-refractivity contribution < 1.29 is 38.1 Å². The number of nitrogens with one attached hydrogen (secondary N) is 3. The molecule has 0 unspecified atom stereocenters. The molecular formula is C35H42N4O8. The Hall–Kier alpha value is -5.23. The summed E-state index contributed by atoms with van der Waals surface area (Å²) in [6.45, 7) is 2.17. The number of carbonyl (C=O) groups is 4. The van der Waals surface area contributed by atoms with Gasteiger partial charge in [-0.1, -0.05) is 104 Å². The number of ether oxygens (including phenoxy) is 4. The summed E-state index contributed by atoms with van der Waals surface area (Å²) in [6.07, 6.45) is -0.420. The SMILES string of the molecule is COC(=O)[C@@H](NC(=O)CCCCCCN=C(NC(=O)OCc1ccccc1)NC(=O)OCc1ccccc1)O[C@@H](C)c1ccccc1. The van der Waals surface area contributed by atoms with Gasteiger partial charge in [-0.25, -0.2) is 14.4 Å². The van der Waals surface area contributed by atoms with E-state index in [0.717, 1.165) is 23.1 Å². The molecule has 0 aliphatic rings. The van der Waals surface area contributed by atoms with Gasteiger partial charge in [-0.3, -0.25) is 20.4 Å². The van der Waals surface area contributed by atoms with Crippen molar-refractivity contribution in [2.75, 3.05) is 13.7 Å². The van der Waals surface area contributed by atoms with Crippen LogP contribution in [-0.4, -0.2) is 49.9 Å². The lowest BCUT2D eigenvalue weighted by Gasteiger charge is -2.21. The van der Waals surface area contributed by atoms with Gasteiger partial charge < -0.3 is 24.3 Å². The van der Waals surface area contributed by atoms with Crippen molar-refractivity contribution in [2.45, 2.75) is 64.6 Å². The first kappa shape index (κ1) is 36.2. The molecule has 0 bridgehead atoms. The zero-order valence-corrected chi connectivity index (χ0v) is 26.7. The summed E-state index contributed by atoms with van der Waals surface area (Å²) in [5.74, 6) is -1.12. The Morgan fingerprint density at radius 2 is 1.21 bits per heavy atom. The van der Waals surface area contributed by atoms with Crippen LogP contribution in [0.2, 0.25) is 0 Å². The van der Waals surface area contributed by atoms with E-state index in [2.05, 4.69) is 20.9 Å². The average Bonchev–Trinajstić information content (AvgIpc) is 3.10. The summed E-state index contributed by atoms with van der Waals surface area (Å²) >= 11 is 0. The minimum atomic E-state index is -1.23. The Morgan fingerprint density at radius 3 is 1.74 bits per heavy atom. The van der Waals surface area contributed by atoms with Crippen LogP contribution in [0.1, 0.15) is 61.8 Å². The second kappa shape index (κ2) is 20.7. The zero-order chi connectivity index (χ0) is 33.7. The van der Waals surface area contributed by atoms with Gasteiger partial charge in [0.25, 0.3) is 0 Å². The number of rotatable bonds is 16. The molecule has 0 fully saturated rings. The number of hydrogen-bond acceptors (Lipinski definition) is 9. The van der Waals surface area contributed by atoms with Crippen molar-refractivity contribution in [1.82, 2.24) is 16.0 Å². The third kappa shape index (κ3) is 14.6. The highest BCUT2D eigenvalue weighted by molar-refractivity contribution is 6.01. The molecule has 3 amide bonds. The van der Waals surface area contributed by atoms with Crippen LogP contribution in [0.3, 0.4) is 0 Å². The number of unbranched alkanes of at least 4 members (excludes halogenated alkanes) is 3. The predicted octanol–water partition coefficient (Wildman–Crippen LogP) is 5.54. The molecular weight excluding hydrogens is 604 g/mol. The first-order chi connectivity index (χ1) is 22.8. The van der Waals surface area contributed by atoms with E-state index in [1.165, 1.54) is 7.11 Å². The Morgan fingerprint density at radius 1 is 0.702 bits per heavy atom. The van der Waals surface area contributed by atoms with Gasteiger partial charge in [-0.2, -0.15) is 0 Å². The maximum atomic E-state index is 12.5. The van der Waals surface area contributed by atoms with Gasteiger partial charge in [0.15, 0.2) is 0 Å². The Balaban J connectivity index is 1.42. The summed E-state index contributed by atoms with van der Waals surface area (Å²) in [5, 5.41) is 7.53. The summed E-state index contributed by atoms with van der Waals surface area (Å²) in [6, 6.07) is 27.7. The van der Waals surface area contributed by atoms with E-state index in [1.807, 2.05) is 91.0 Å². The van der Waals surface area contributed by atoms with Crippen molar-refractivity contribution in [3.63, 3.8) is 0 Å². The first-order valence-corrected chi connectivity index (χ1v) is 15.4. The number of aliphatic imine (C=N–C) groups is 1. The first-order valence-electron chi connectivity index (χ1n) is 15.4. The number of guanidine groups is 1. The minimum absolute atomic E-state index is 0.0462. The number of nitrogens with zero attached hydrogens (tertiary/aromatic N) is 1. The van der Waals surface area contributed by atoms with Crippen molar-refractivity contribution >= 4 is 30.0 Å². The molecule has 12 nitrogen and oxygen atoms in total. The minimum Gasteiger partial charge on any atom is -0.466 e. The summed E-state index contributed by atoms with van der Waals surface area (Å²) < 4.78 is 21.1. The van der Waals surface area contributed by atoms with E-state index in [4.69, 9.17) is 18.9 Å². The van der Waals surface area contributed by atoms with Gasteiger partial charge >= 0.3 is 18.2 Å². The normalized spacial score (nSPS) is 11.7. The van der Waals surface area contributed by atoms with Gasteiger partial charge in [0.1, 0.15) is 13.2 Å². The van der Waals surface area contributed by atoms with E-state index in [9.17, 15) is 19.2 Å². The molecule has 0 radical (unpaired) electrons. The zero-order valence-electron chi connectivity index (χ0n) is 26.7. The molecule has 3 rings (SSSR count). The fourth-order valence-electron chi connectivity index (χ4n) is 4.24. The molecule has 3 aromatic carbocycles. The number of benzene rings is 3. The number of carbonyl (C=O) groups excluding carboxylic acids is 4. The number of alkyl carbamates (subject to hydrolysis) is 2. The van der Waals surface area contributed by atoms with Crippen molar-refractivity contribution in [3.05, 3.63) is 108 Å². The molecule has 47 heavy (non-hydrogen) atoms. The monoisotopic (exact) mass is 646 g/mol. The third-order valence-electron chi connectivity index (χ3n) is 6.76. The molecule has 2 atom stereocenters. The highest BCUT2D eigenvalue weighted by Crippen LogP contribution is 2.18. The van der Waals surface area contributed by atoms with Crippen LogP contribution in [0, 0.1) is 0 Å². The number of amides is 3. The highest BCUT2D eigenvalue weighted by atomic mass is 16.6. The Kier molecular flexibility index (Phi) is 16.0. The lowest BCUT2D eigenvalue weighted by molar-refractivity contribution is -0.163. The maximum absolute atomic E-state index is 12.5. The third-order valence-corrected chi connectivity index (χ3v) is 6.76. The molecule has 0 aliphatic carbocycles. The molecule has 0 heterocycles. The van der Waals surface area contributed by atoms with Gasteiger partial charge in [0, 0.05) is 13.0 Å². The van der Waals surface area contributed by atoms with Crippen LogP contribution < -0.4 is 16.0 Å². The van der Waals surface area contributed by atoms with E-state index < -0.39 is 30.5 Å². The van der Waals surface area contributed by atoms with Gasteiger partial charge in [-0.15, -0.1) is 0 Å². The van der Waals surface area contributed by atoms with E-state index in [0.29, 0.717) is 19.3 Å². The van der Waals surface area contributed by atoms with Gasteiger partial charge in [-0.05, 0) is 36.5 Å². The second-order valence-corrected chi connectivity index (χ2v) is 10.4. The topological polar surface area (TPSA) is 154 Å². The molecule has 3 N–H and O–H groups in total. The van der Waals surface area contributed by atoms with Gasteiger partial charge in [0.05, 0.1) is 13.2 Å². The van der Waals surface area contributed by atoms with Crippen LogP contribution in [0.25, 0.3) is 0 Å². The lowest BCUT2D eigenvalue weighted by atomic mass is 10.1. The van der Waals surface area contributed by atoms with E-state index in [1.54, 1.807) is 6.92 Å². The largest absolute Gasteiger partial charge is 0.466 e. The molecule has 0 saturated heterocycles. The number of esters is 1. The Labute approximate surface area is 274 Å². The highest BCUT2D eigenvalue weighted by Gasteiger charge is 2.25. The number of methoxy groups -OCH3 is 1.